The second-order valence-electron chi connectivity index (χ2n) is 3.57. The average molecular weight is 238 g/mol. The van der Waals surface area contributed by atoms with Crippen LogP contribution in [0.2, 0.25) is 0 Å². The Labute approximate surface area is 91.7 Å². The molecule has 0 fully saturated rings. The predicted octanol–water partition coefficient (Wildman–Crippen LogP) is 2.37. The smallest absolute Gasteiger partial charge is 0.0796 e. The maximum atomic E-state index is 11.5. The van der Waals surface area contributed by atoms with Gasteiger partial charge in [0.1, 0.15) is 0 Å². The Morgan fingerprint density at radius 1 is 1.14 bits per heavy atom. The third-order valence-electron chi connectivity index (χ3n) is 1.91. The van der Waals surface area contributed by atoms with Crippen molar-refractivity contribution in [3.63, 3.8) is 0 Å². The monoisotopic (exact) mass is 238 g/mol. The molecule has 1 unspecified atom stereocenters. The van der Waals surface area contributed by atoms with Crippen LogP contribution < -0.4 is 0 Å². The second kappa shape index (κ2) is 7.57. The van der Waals surface area contributed by atoms with E-state index >= 15 is 0 Å². The van der Waals surface area contributed by atoms with E-state index in [4.69, 9.17) is 0 Å². The van der Waals surface area contributed by atoms with Crippen LogP contribution in [0.4, 0.5) is 0 Å². The summed E-state index contributed by atoms with van der Waals surface area (Å²) in [6.45, 7) is 4.14. The SMILES string of the molecule is CCCC[S+](C)[CH-]S(=O)(=O)CCCC. The van der Waals surface area contributed by atoms with Crippen molar-refractivity contribution in [1.29, 1.82) is 0 Å². The van der Waals surface area contributed by atoms with Gasteiger partial charge in [-0.25, -0.2) is 0 Å². The molecule has 0 spiro atoms. The van der Waals surface area contributed by atoms with Crippen LogP contribution in [0.1, 0.15) is 39.5 Å². The molecule has 0 rings (SSSR count). The van der Waals surface area contributed by atoms with Gasteiger partial charge in [0.25, 0.3) is 0 Å². The van der Waals surface area contributed by atoms with Crippen LogP contribution in [0, 0.1) is 5.08 Å². The van der Waals surface area contributed by atoms with Gasteiger partial charge in [0.15, 0.2) is 0 Å². The van der Waals surface area contributed by atoms with Crippen molar-refractivity contribution in [2.45, 2.75) is 39.5 Å². The van der Waals surface area contributed by atoms with Crippen molar-refractivity contribution in [1.82, 2.24) is 0 Å². The van der Waals surface area contributed by atoms with Gasteiger partial charge >= 0.3 is 0 Å². The first-order valence-electron chi connectivity index (χ1n) is 5.20. The fourth-order valence-electron chi connectivity index (χ4n) is 1.06. The molecule has 0 heterocycles. The average Bonchev–Trinajstić information content (AvgIpc) is 2.11. The molecule has 0 saturated carbocycles. The lowest BCUT2D eigenvalue weighted by atomic mass is 10.4. The fourth-order valence-corrected chi connectivity index (χ4v) is 5.27. The predicted molar refractivity (Wildman–Crippen MR) is 66.1 cm³/mol. The number of hydrogen-bond donors (Lipinski definition) is 0. The van der Waals surface area contributed by atoms with Gasteiger partial charge in [-0.3, -0.25) is 8.42 Å². The first kappa shape index (κ1) is 14.3. The Balaban J connectivity index is 3.83. The summed E-state index contributed by atoms with van der Waals surface area (Å²) in [5, 5.41) is 1.57. The Bertz CT molecular complexity index is 222. The van der Waals surface area contributed by atoms with Crippen molar-refractivity contribution in [3.05, 3.63) is 5.08 Å². The summed E-state index contributed by atoms with van der Waals surface area (Å²) in [6.07, 6.45) is 6.00. The lowest BCUT2D eigenvalue weighted by molar-refractivity contribution is 0.600. The normalized spacial score (nSPS) is 14.2. The zero-order chi connectivity index (χ0) is 11.0. The first-order valence-corrected chi connectivity index (χ1v) is 8.79. The van der Waals surface area contributed by atoms with E-state index in [2.05, 4.69) is 6.92 Å². The van der Waals surface area contributed by atoms with E-state index in [-0.39, 0.29) is 10.9 Å². The molecule has 0 radical (unpaired) electrons. The molecule has 0 saturated heterocycles. The van der Waals surface area contributed by atoms with Crippen LogP contribution >= 0.6 is 0 Å². The quantitative estimate of drug-likeness (QED) is 0.480. The minimum absolute atomic E-state index is 0.0558. The van der Waals surface area contributed by atoms with Crippen molar-refractivity contribution in [2.24, 2.45) is 0 Å². The molecule has 0 aromatic rings. The van der Waals surface area contributed by atoms with Gasteiger partial charge in [-0.15, -0.1) is 0 Å². The fraction of sp³-hybridized carbons (Fsp3) is 0.900. The van der Waals surface area contributed by atoms with Gasteiger partial charge in [-0.05, 0) is 12.8 Å². The number of rotatable bonds is 8. The highest BCUT2D eigenvalue weighted by molar-refractivity contribution is 8.13. The van der Waals surface area contributed by atoms with Gasteiger partial charge < -0.3 is 0 Å². The highest BCUT2D eigenvalue weighted by Gasteiger charge is 2.10. The van der Waals surface area contributed by atoms with Crippen molar-refractivity contribution >= 4 is 20.7 Å². The van der Waals surface area contributed by atoms with Crippen LogP contribution in [-0.2, 0) is 20.7 Å². The van der Waals surface area contributed by atoms with E-state index in [1.165, 1.54) is 0 Å². The zero-order valence-corrected chi connectivity index (χ0v) is 11.1. The maximum Gasteiger partial charge on any atom is 0.0796 e. The van der Waals surface area contributed by atoms with Crippen molar-refractivity contribution in [3.8, 4) is 0 Å². The summed E-state index contributed by atoms with van der Waals surface area (Å²) in [4.78, 5) is 0. The maximum absolute atomic E-state index is 11.5. The summed E-state index contributed by atoms with van der Waals surface area (Å²) in [6, 6.07) is 0. The van der Waals surface area contributed by atoms with E-state index in [9.17, 15) is 8.42 Å². The summed E-state index contributed by atoms with van der Waals surface area (Å²) in [5.41, 5.74) is 0. The molecule has 0 N–H and O–H groups in total. The third-order valence-corrected chi connectivity index (χ3v) is 6.19. The molecule has 0 amide bonds. The molecular weight excluding hydrogens is 216 g/mol. The number of sulfone groups is 1. The summed E-state index contributed by atoms with van der Waals surface area (Å²) in [7, 11) is -2.94. The standard InChI is InChI=1S/C10H22O2S2/c1-4-6-8-13(3)10-14(11,12)9-7-5-2/h10H,4-9H2,1-3H3. The summed E-state index contributed by atoms with van der Waals surface area (Å²) >= 11 is 0. The molecule has 14 heavy (non-hydrogen) atoms. The van der Waals surface area contributed by atoms with E-state index in [0.29, 0.717) is 5.75 Å². The molecule has 86 valence electrons. The molecule has 0 aromatic carbocycles. The van der Waals surface area contributed by atoms with Crippen LogP contribution in [-0.4, -0.2) is 26.2 Å². The van der Waals surface area contributed by atoms with Gasteiger partial charge in [0.2, 0.25) is 0 Å². The van der Waals surface area contributed by atoms with E-state index in [0.717, 1.165) is 31.4 Å². The molecule has 0 aliphatic heterocycles. The summed E-state index contributed by atoms with van der Waals surface area (Å²) in [5.74, 6) is 1.34. The molecule has 0 bridgehead atoms. The highest BCUT2D eigenvalue weighted by atomic mass is 32.3. The second-order valence-corrected chi connectivity index (χ2v) is 7.86. The Kier molecular flexibility index (Phi) is 7.74. The minimum atomic E-state index is -2.89. The Morgan fingerprint density at radius 3 is 2.21 bits per heavy atom. The lowest BCUT2D eigenvalue weighted by Gasteiger charge is -2.13. The Morgan fingerprint density at radius 2 is 1.71 bits per heavy atom. The third kappa shape index (κ3) is 7.68. The van der Waals surface area contributed by atoms with Gasteiger partial charge in [0.05, 0.1) is 21.8 Å². The van der Waals surface area contributed by atoms with Gasteiger partial charge in [-0.2, -0.15) is 10.9 Å². The zero-order valence-electron chi connectivity index (χ0n) is 9.45. The molecule has 0 aliphatic rings. The van der Waals surface area contributed by atoms with E-state index < -0.39 is 9.84 Å². The van der Waals surface area contributed by atoms with Crippen LogP contribution in [0.15, 0.2) is 0 Å². The summed E-state index contributed by atoms with van der Waals surface area (Å²) < 4.78 is 23.0. The van der Waals surface area contributed by atoms with E-state index in [1.807, 2.05) is 13.2 Å². The van der Waals surface area contributed by atoms with Gasteiger partial charge in [-0.1, -0.05) is 26.7 Å². The van der Waals surface area contributed by atoms with Crippen LogP contribution in [0.25, 0.3) is 0 Å². The first-order chi connectivity index (χ1) is 6.52. The Hall–Kier alpha value is 0.300. The molecule has 0 aliphatic carbocycles. The van der Waals surface area contributed by atoms with Gasteiger partial charge in [0, 0.05) is 10.8 Å². The molecule has 0 aromatic heterocycles. The molecule has 1 atom stereocenters. The minimum Gasteiger partial charge on any atom is -0.258 e. The largest absolute Gasteiger partial charge is 0.258 e. The van der Waals surface area contributed by atoms with E-state index in [1.54, 1.807) is 5.08 Å². The topological polar surface area (TPSA) is 34.1 Å². The molecule has 4 heteroatoms. The molecular formula is C10H22O2S2. The van der Waals surface area contributed by atoms with Crippen molar-refractivity contribution in [2.75, 3.05) is 17.8 Å². The number of unbranched alkanes of at least 4 members (excludes halogenated alkanes) is 2. The van der Waals surface area contributed by atoms with Crippen molar-refractivity contribution < 1.29 is 8.42 Å². The lowest BCUT2D eigenvalue weighted by Crippen LogP contribution is -2.15. The van der Waals surface area contributed by atoms with Crippen LogP contribution in [0.3, 0.4) is 0 Å². The molecule has 2 nitrogen and oxygen atoms in total. The highest BCUT2D eigenvalue weighted by Crippen LogP contribution is 2.10. The van der Waals surface area contributed by atoms with Crippen LogP contribution in [0.5, 0.6) is 0 Å². The number of hydrogen-bond acceptors (Lipinski definition) is 2.